The first kappa shape index (κ1) is 74.0. The second-order valence-corrected chi connectivity index (χ2v) is 32.4. The van der Waals surface area contributed by atoms with Gasteiger partial charge in [-0.05, 0) is 123 Å². The number of carbonyl (C=O) groups excluding carboxylic acids is 2. The van der Waals surface area contributed by atoms with Gasteiger partial charge >= 0.3 is 11.9 Å². The van der Waals surface area contributed by atoms with Gasteiger partial charge < -0.3 is 30.1 Å². The maximum absolute atomic E-state index is 14.7. The molecular formula is C73H116N4O7S2. The number of aromatic nitrogens is 3. The van der Waals surface area contributed by atoms with E-state index in [4.69, 9.17) is 24.4 Å². The fraction of sp³-hybridized carbons (Fsp3) is 0.685. The van der Waals surface area contributed by atoms with E-state index in [-0.39, 0.29) is 58.8 Å². The van der Waals surface area contributed by atoms with E-state index in [0.29, 0.717) is 83.1 Å². The number of aryl methyl sites for hydroxylation is 2. The predicted molar refractivity (Wildman–Crippen MR) is 363 cm³/mol. The third kappa shape index (κ3) is 23.5. The van der Waals surface area contributed by atoms with Crippen LogP contribution in [0.15, 0.2) is 40.6 Å². The van der Waals surface area contributed by atoms with Gasteiger partial charge in [-0.15, -0.1) is 0 Å². The molecule has 13 heteroatoms. The van der Waals surface area contributed by atoms with Gasteiger partial charge in [-0.2, -0.15) is 15.0 Å². The standard InChI is InChI=1S/C73H116N4O7S2/c1-21-23-25-27-29-34-42-85-66-75-65(76-67(77-66)86-43-35-30-28-26-24-22-2)74-56-48-55(72(15,16)17)64(82)61(73(18,19)20)60(56)57(84-59(79)40-38-50-46-53(70(9,10)11)63(81)54(47-50)71(12,13)14)36-32-31-33-41-83-58(78)39-37-49-44-51(68(3,4)5)62(80)52(45-49)69(6,7)8/h44-48,57,80-82H,21-43H2,1-20H3,(H,74,75,76,77). The molecule has 0 aliphatic rings. The topological polar surface area (TPSA) is 164 Å². The summed E-state index contributed by atoms with van der Waals surface area (Å²) in [6.07, 6.45) is 17.2. The van der Waals surface area contributed by atoms with Crippen LogP contribution in [-0.2, 0) is 64.4 Å². The van der Waals surface area contributed by atoms with Crippen molar-refractivity contribution in [3.8, 4) is 17.2 Å². The Kier molecular flexibility index (Phi) is 28.2. The largest absolute Gasteiger partial charge is 0.507 e. The molecule has 0 bridgehead atoms. The molecule has 0 fully saturated rings. The Balaban J connectivity index is 1.76. The van der Waals surface area contributed by atoms with E-state index in [0.717, 1.165) is 63.3 Å². The van der Waals surface area contributed by atoms with E-state index in [1.54, 1.807) is 23.5 Å². The highest BCUT2D eigenvalue weighted by atomic mass is 32.2. The molecular weight excluding hydrogens is 1110 g/mol. The average molecular weight is 1230 g/mol. The summed E-state index contributed by atoms with van der Waals surface area (Å²) < 4.78 is 12.7. The molecule has 0 aliphatic carbocycles. The van der Waals surface area contributed by atoms with Crippen LogP contribution in [0.5, 0.6) is 17.2 Å². The van der Waals surface area contributed by atoms with Crippen LogP contribution >= 0.6 is 23.5 Å². The van der Waals surface area contributed by atoms with Crippen molar-refractivity contribution < 1.29 is 34.4 Å². The van der Waals surface area contributed by atoms with Crippen molar-refractivity contribution >= 4 is 47.1 Å². The zero-order chi connectivity index (χ0) is 64.4. The maximum Gasteiger partial charge on any atom is 0.306 e. The molecule has 11 nitrogen and oxygen atoms in total. The van der Waals surface area contributed by atoms with Crippen LogP contribution in [0, 0.1) is 0 Å². The molecule has 0 saturated carbocycles. The summed E-state index contributed by atoms with van der Waals surface area (Å²) in [7, 11) is 0. The summed E-state index contributed by atoms with van der Waals surface area (Å²) in [5.74, 6) is 2.34. The smallest absolute Gasteiger partial charge is 0.306 e. The molecule has 86 heavy (non-hydrogen) atoms. The second kappa shape index (κ2) is 32.8. The number of phenolic OH excluding ortho intramolecular Hbond substituents is 3. The van der Waals surface area contributed by atoms with Gasteiger partial charge in [0.05, 0.1) is 6.61 Å². The van der Waals surface area contributed by atoms with E-state index in [1.165, 1.54) is 64.2 Å². The molecule has 0 spiro atoms. The number of esters is 2. The van der Waals surface area contributed by atoms with Crippen molar-refractivity contribution in [1.82, 2.24) is 15.0 Å². The van der Waals surface area contributed by atoms with E-state index in [1.807, 2.05) is 30.3 Å². The monoisotopic (exact) mass is 1220 g/mol. The van der Waals surface area contributed by atoms with E-state index >= 15 is 0 Å². The number of nitrogens with one attached hydrogen (secondary N) is 1. The molecule has 4 rings (SSSR count). The van der Waals surface area contributed by atoms with Gasteiger partial charge in [-0.25, -0.2) is 0 Å². The van der Waals surface area contributed by atoms with Crippen LogP contribution in [-0.4, -0.2) is 60.3 Å². The molecule has 1 heterocycles. The minimum Gasteiger partial charge on any atom is -0.507 e. The lowest BCUT2D eigenvalue weighted by Crippen LogP contribution is -2.24. The molecule has 4 N–H and O–H groups in total. The molecule has 3 aromatic carbocycles. The number of nitrogens with zero attached hydrogens (tertiary/aromatic N) is 3. The van der Waals surface area contributed by atoms with E-state index in [9.17, 15) is 24.9 Å². The second-order valence-electron chi connectivity index (χ2n) is 30.3. The lowest BCUT2D eigenvalue weighted by Gasteiger charge is -2.34. The molecule has 4 aromatic rings. The highest BCUT2D eigenvalue weighted by Gasteiger charge is 2.36. The van der Waals surface area contributed by atoms with Gasteiger partial charge in [-0.3, -0.25) is 9.59 Å². The van der Waals surface area contributed by atoms with Gasteiger partial charge in [-0.1, -0.05) is 250 Å². The number of rotatable bonds is 32. The Morgan fingerprint density at radius 1 is 0.477 bits per heavy atom. The SMILES string of the molecule is CCCCCCCCSc1nc(Nc2cc(C(C)(C)C)c(O)c(C(C)(C)C)c2C(CCCCCOC(=O)CCc2cc(C(C)(C)C)c(O)c(C(C)(C)C)c2)OC(=O)CCc2cc(C(C)(C)C)c(O)c(C(C)(C)C)c2)nc(SCCCCCCCC)n1. The van der Waals surface area contributed by atoms with Gasteiger partial charge in [0.1, 0.15) is 23.4 Å². The number of ether oxygens (including phenoxy) is 2. The number of thioether (sulfide) groups is 2. The normalized spacial score (nSPS) is 13.1. The number of aromatic hydroxyl groups is 3. The van der Waals surface area contributed by atoms with Crippen LogP contribution in [0.4, 0.5) is 11.6 Å². The summed E-state index contributed by atoms with van der Waals surface area (Å²) in [4.78, 5) is 43.2. The lowest BCUT2D eigenvalue weighted by molar-refractivity contribution is -0.150. The minimum absolute atomic E-state index is 0.0923. The number of carbonyl (C=O) groups is 2. The third-order valence-electron chi connectivity index (χ3n) is 16.0. The van der Waals surface area contributed by atoms with Crippen molar-refractivity contribution in [3.63, 3.8) is 0 Å². The zero-order valence-electron chi connectivity index (χ0n) is 57.4. The van der Waals surface area contributed by atoms with Gasteiger partial charge in [0.2, 0.25) is 5.95 Å². The summed E-state index contributed by atoms with van der Waals surface area (Å²) in [6, 6.07) is 10.1. The van der Waals surface area contributed by atoms with E-state index in [2.05, 4.69) is 144 Å². The number of hydrogen-bond donors (Lipinski definition) is 4. The predicted octanol–water partition coefficient (Wildman–Crippen LogP) is 20.4. The highest BCUT2D eigenvalue weighted by Crippen LogP contribution is 2.49. The van der Waals surface area contributed by atoms with Gasteiger partial charge in [0, 0.05) is 46.7 Å². The Labute approximate surface area is 530 Å². The van der Waals surface area contributed by atoms with Crippen molar-refractivity contribution in [2.75, 3.05) is 23.4 Å². The molecule has 1 atom stereocenters. The Morgan fingerprint density at radius 2 is 0.860 bits per heavy atom. The van der Waals surface area contributed by atoms with Crippen molar-refractivity contribution in [2.45, 2.75) is 316 Å². The fourth-order valence-corrected chi connectivity index (χ4v) is 12.7. The Hall–Kier alpha value is -4.49. The van der Waals surface area contributed by atoms with Crippen molar-refractivity contribution in [2.24, 2.45) is 0 Å². The molecule has 0 radical (unpaired) electrons. The quantitative estimate of drug-likeness (QED) is 0.0158. The number of phenols is 3. The zero-order valence-corrected chi connectivity index (χ0v) is 59.0. The average Bonchev–Trinajstić information content (AvgIpc) is 0.968. The highest BCUT2D eigenvalue weighted by molar-refractivity contribution is 7.99. The van der Waals surface area contributed by atoms with Crippen LogP contribution in [0.1, 0.15) is 310 Å². The van der Waals surface area contributed by atoms with Crippen LogP contribution in [0.25, 0.3) is 0 Å². The van der Waals surface area contributed by atoms with Crippen molar-refractivity contribution in [1.29, 1.82) is 0 Å². The first-order chi connectivity index (χ1) is 40.0. The first-order valence-electron chi connectivity index (χ1n) is 32.8. The van der Waals surface area contributed by atoms with Crippen LogP contribution < -0.4 is 5.32 Å². The number of unbranched alkanes of at least 4 members (excludes halogenated alkanes) is 12. The molecule has 482 valence electrons. The van der Waals surface area contributed by atoms with Crippen LogP contribution in [0.3, 0.4) is 0 Å². The molecule has 1 aromatic heterocycles. The lowest BCUT2D eigenvalue weighted by atomic mass is 9.75. The molecule has 0 aliphatic heterocycles. The third-order valence-corrected chi connectivity index (χ3v) is 17.8. The first-order valence-corrected chi connectivity index (χ1v) is 34.7. The molecule has 1 unspecified atom stereocenters. The summed E-state index contributed by atoms with van der Waals surface area (Å²) >= 11 is 3.33. The fourth-order valence-electron chi connectivity index (χ4n) is 11.0. The number of hydrogen-bond acceptors (Lipinski definition) is 13. The minimum atomic E-state index is -0.803. The summed E-state index contributed by atoms with van der Waals surface area (Å²) in [5.41, 5.74) is 5.81. The van der Waals surface area contributed by atoms with Gasteiger partial charge in [0.15, 0.2) is 10.3 Å². The van der Waals surface area contributed by atoms with Crippen molar-refractivity contribution in [3.05, 3.63) is 80.4 Å². The Bertz CT molecular complexity index is 2700. The number of anilines is 2. The maximum atomic E-state index is 14.7. The van der Waals surface area contributed by atoms with Crippen LogP contribution in [0.2, 0.25) is 0 Å². The molecule has 0 saturated heterocycles. The Morgan fingerprint density at radius 3 is 1.27 bits per heavy atom. The number of benzene rings is 3. The van der Waals surface area contributed by atoms with E-state index < -0.39 is 16.9 Å². The molecule has 0 amide bonds. The van der Waals surface area contributed by atoms with Gasteiger partial charge in [0.25, 0.3) is 0 Å². The summed E-state index contributed by atoms with van der Waals surface area (Å²) in [6.45, 7) is 42.4. The summed E-state index contributed by atoms with van der Waals surface area (Å²) in [5, 5.41) is 40.5.